The van der Waals surface area contributed by atoms with Crippen molar-refractivity contribution in [1.82, 2.24) is 0 Å². The van der Waals surface area contributed by atoms with Crippen LogP contribution in [0, 0.1) is 23.2 Å². The molecule has 1 aliphatic heterocycles. The zero-order chi connectivity index (χ0) is 11.9. The fourth-order valence-electron chi connectivity index (χ4n) is 3.24. The minimum atomic E-state index is 0.0236. The fourth-order valence-corrected chi connectivity index (χ4v) is 3.24. The van der Waals surface area contributed by atoms with Crippen molar-refractivity contribution < 1.29 is 9.53 Å². The third-order valence-electron chi connectivity index (χ3n) is 4.46. The first-order valence-corrected chi connectivity index (χ1v) is 6.58. The molecule has 0 amide bonds. The summed E-state index contributed by atoms with van der Waals surface area (Å²) in [6, 6.07) is 0. The van der Waals surface area contributed by atoms with E-state index in [1.54, 1.807) is 0 Å². The molecule has 2 aliphatic rings. The maximum atomic E-state index is 11.5. The molecule has 0 bridgehead atoms. The van der Waals surface area contributed by atoms with Crippen LogP contribution in [0.15, 0.2) is 0 Å². The zero-order valence-electron chi connectivity index (χ0n) is 11.0. The second-order valence-corrected chi connectivity index (χ2v) is 6.75. The van der Waals surface area contributed by atoms with Crippen LogP contribution < -0.4 is 0 Å². The first-order valence-electron chi connectivity index (χ1n) is 6.58. The summed E-state index contributed by atoms with van der Waals surface area (Å²) in [5, 5.41) is 0. The minimum absolute atomic E-state index is 0.0236. The van der Waals surface area contributed by atoms with Crippen LogP contribution in [-0.2, 0) is 9.53 Å². The lowest BCUT2D eigenvalue weighted by Gasteiger charge is -2.44. The Balaban J connectivity index is 2.02. The lowest BCUT2D eigenvalue weighted by atomic mass is 9.66. The van der Waals surface area contributed by atoms with E-state index in [1.807, 2.05) is 6.92 Å². The van der Waals surface area contributed by atoms with Gasteiger partial charge >= 0.3 is 5.97 Å². The summed E-state index contributed by atoms with van der Waals surface area (Å²) in [5.74, 6) is 1.54. The normalized spacial score (nSPS) is 40.1. The van der Waals surface area contributed by atoms with Crippen molar-refractivity contribution in [3.8, 4) is 0 Å². The highest BCUT2D eigenvalue weighted by molar-refractivity contribution is 5.73. The zero-order valence-corrected chi connectivity index (χ0v) is 11.0. The summed E-state index contributed by atoms with van der Waals surface area (Å²) in [6.45, 7) is 8.99. The SMILES string of the molecule is C[C@H]1C[C@@H]2C[C@H](C(C)(C)C)CC[C@@H]2OC1=O. The van der Waals surface area contributed by atoms with E-state index in [0.29, 0.717) is 11.3 Å². The average molecular weight is 224 g/mol. The van der Waals surface area contributed by atoms with E-state index >= 15 is 0 Å². The van der Waals surface area contributed by atoms with E-state index < -0.39 is 0 Å². The predicted octanol–water partition coefficient (Wildman–Crippen LogP) is 3.40. The Hall–Kier alpha value is -0.530. The van der Waals surface area contributed by atoms with Gasteiger partial charge in [-0.25, -0.2) is 0 Å². The minimum Gasteiger partial charge on any atom is -0.462 e. The molecule has 0 aromatic carbocycles. The van der Waals surface area contributed by atoms with Gasteiger partial charge in [0.1, 0.15) is 6.10 Å². The van der Waals surface area contributed by atoms with Gasteiger partial charge in [0.05, 0.1) is 5.92 Å². The predicted molar refractivity (Wildman–Crippen MR) is 63.9 cm³/mol. The third kappa shape index (κ3) is 2.26. The standard InChI is InChI=1S/C14H24O2/c1-9-7-10-8-11(14(2,3)4)5-6-12(10)16-13(9)15/h9-12H,5-8H2,1-4H3/t9-,10+,11+,12-/m0/s1. The number of rotatable bonds is 0. The van der Waals surface area contributed by atoms with Gasteiger partial charge < -0.3 is 4.74 Å². The topological polar surface area (TPSA) is 26.3 Å². The van der Waals surface area contributed by atoms with E-state index in [1.165, 1.54) is 12.8 Å². The van der Waals surface area contributed by atoms with Crippen LogP contribution in [0.2, 0.25) is 0 Å². The summed E-state index contributed by atoms with van der Waals surface area (Å²) in [5.41, 5.74) is 0.398. The number of hydrogen-bond acceptors (Lipinski definition) is 2. The van der Waals surface area contributed by atoms with E-state index in [9.17, 15) is 4.79 Å². The maximum Gasteiger partial charge on any atom is 0.308 e. The molecular formula is C14H24O2. The fraction of sp³-hybridized carbons (Fsp3) is 0.929. The number of carbonyl (C=O) groups is 1. The number of hydrogen-bond donors (Lipinski definition) is 0. The Morgan fingerprint density at radius 2 is 1.88 bits per heavy atom. The van der Waals surface area contributed by atoms with E-state index in [-0.39, 0.29) is 18.0 Å². The molecule has 0 unspecified atom stereocenters. The molecule has 0 aromatic rings. The van der Waals surface area contributed by atoms with Gasteiger partial charge in [0, 0.05) is 0 Å². The maximum absolute atomic E-state index is 11.5. The molecule has 16 heavy (non-hydrogen) atoms. The van der Waals surface area contributed by atoms with Crippen LogP contribution >= 0.6 is 0 Å². The van der Waals surface area contributed by atoms with Crippen molar-refractivity contribution in [2.75, 3.05) is 0 Å². The van der Waals surface area contributed by atoms with Gasteiger partial charge in [-0.3, -0.25) is 4.79 Å². The van der Waals surface area contributed by atoms with E-state index in [2.05, 4.69) is 20.8 Å². The highest BCUT2D eigenvalue weighted by Crippen LogP contribution is 2.44. The smallest absolute Gasteiger partial charge is 0.308 e. The summed E-state index contributed by atoms with van der Waals surface area (Å²) < 4.78 is 5.52. The highest BCUT2D eigenvalue weighted by Gasteiger charge is 2.42. The Labute approximate surface area is 98.7 Å². The number of carbonyl (C=O) groups excluding carboxylic acids is 1. The molecule has 2 rings (SSSR count). The van der Waals surface area contributed by atoms with Crippen molar-refractivity contribution in [3.63, 3.8) is 0 Å². The van der Waals surface area contributed by atoms with Crippen LogP contribution in [0.1, 0.15) is 53.4 Å². The second kappa shape index (κ2) is 4.05. The van der Waals surface area contributed by atoms with Gasteiger partial charge in [-0.15, -0.1) is 0 Å². The quantitative estimate of drug-likeness (QED) is 0.589. The Kier molecular flexibility index (Phi) is 3.02. The summed E-state index contributed by atoms with van der Waals surface area (Å²) >= 11 is 0. The molecular weight excluding hydrogens is 200 g/mol. The van der Waals surface area contributed by atoms with Crippen molar-refractivity contribution in [2.24, 2.45) is 23.2 Å². The number of esters is 1. The van der Waals surface area contributed by atoms with Crippen molar-refractivity contribution in [3.05, 3.63) is 0 Å². The Morgan fingerprint density at radius 1 is 1.19 bits per heavy atom. The third-order valence-corrected chi connectivity index (χ3v) is 4.46. The lowest BCUT2D eigenvalue weighted by Crippen LogP contribution is -2.43. The van der Waals surface area contributed by atoms with Crippen molar-refractivity contribution in [2.45, 2.75) is 59.5 Å². The molecule has 2 nitrogen and oxygen atoms in total. The van der Waals surface area contributed by atoms with Gasteiger partial charge in [-0.05, 0) is 42.9 Å². The van der Waals surface area contributed by atoms with Crippen LogP contribution in [0.5, 0.6) is 0 Å². The van der Waals surface area contributed by atoms with E-state index in [0.717, 1.165) is 18.8 Å². The molecule has 1 heterocycles. The Bertz CT molecular complexity index is 277. The second-order valence-electron chi connectivity index (χ2n) is 6.75. The first kappa shape index (κ1) is 11.9. The van der Waals surface area contributed by atoms with Gasteiger partial charge in [0.15, 0.2) is 0 Å². The molecule has 2 fully saturated rings. The lowest BCUT2D eigenvalue weighted by molar-refractivity contribution is -0.169. The number of ether oxygens (including phenoxy) is 1. The molecule has 0 aromatic heterocycles. The van der Waals surface area contributed by atoms with Crippen molar-refractivity contribution in [1.29, 1.82) is 0 Å². The first-order chi connectivity index (χ1) is 7.38. The van der Waals surface area contributed by atoms with Gasteiger partial charge in [-0.2, -0.15) is 0 Å². The monoisotopic (exact) mass is 224 g/mol. The Morgan fingerprint density at radius 3 is 2.50 bits per heavy atom. The van der Waals surface area contributed by atoms with Crippen LogP contribution in [0.25, 0.3) is 0 Å². The molecule has 2 heteroatoms. The molecule has 92 valence electrons. The average Bonchev–Trinajstić information content (AvgIpc) is 2.17. The largest absolute Gasteiger partial charge is 0.462 e. The molecule has 1 aliphatic carbocycles. The molecule has 4 atom stereocenters. The molecule has 1 saturated heterocycles. The van der Waals surface area contributed by atoms with E-state index in [4.69, 9.17) is 4.74 Å². The van der Waals surface area contributed by atoms with Crippen LogP contribution in [-0.4, -0.2) is 12.1 Å². The van der Waals surface area contributed by atoms with Gasteiger partial charge in [0.25, 0.3) is 0 Å². The summed E-state index contributed by atoms with van der Waals surface area (Å²) in [4.78, 5) is 11.5. The van der Waals surface area contributed by atoms with Gasteiger partial charge in [-0.1, -0.05) is 27.7 Å². The van der Waals surface area contributed by atoms with Crippen molar-refractivity contribution >= 4 is 5.97 Å². The van der Waals surface area contributed by atoms with Gasteiger partial charge in [0.2, 0.25) is 0 Å². The number of fused-ring (bicyclic) bond motifs is 1. The molecule has 0 radical (unpaired) electrons. The molecule has 0 N–H and O–H groups in total. The summed E-state index contributed by atoms with van der Waals surface area (Å²) in [6.07, 6.45) is 4.79. The highest BCUT2D eigenvalue weighted by atomic mass is 16.5. The molecule has 0 spiro atoms. The summed E-state index contributed by atoms with van der Waals surface area (Å²) in [7, 11) is 0. The molecule has 1 saturated carbocycles. The van der Waals surface area contributed by atoms with Crippen LogP contribution in [0.3, 0.4) is 0 Å². The van der Waals surface area contributed by atoms with Crippen LogP contribution in [0.4, 0.5) is 0 Å².